The fourth-order valence-corrected chi connectivity index (χ4v) is 2.84. The van der Waals surface area contributed by atoms with Crippen LogP contribution < -0.4 is 4.74 Å². The molecular weight excluding hydrogens is 386 g/mol. The van der Waals surface area contributed by atoms with Crippen LogP contribution in [0.1, 0.15) is 29.9 Å². The predicted molar refractivity (Wildman–Crippen MR) is 85.3 cm³/mol. The molecule has 0 fully saturated rings. The molecule has 0 aliphatic carbocycles. The van der Waals surface area contributed by atoms with Gasteiger partial charge in [0.25, 0.3) is 0 Å². The van der Waals surface area contributed by atoms with E-state index in [0.29, 0.717) is 15.7 Å². The molecule has 0 radical (unpaired) electrons. The molecule has 0 bridgehead atoms. The smallest absolute Gasteiger partial charge is 0.212 e. The Balaban J connectivity index is 2.25. The van der Waals surface area contributed by atoms with Gasteiger partial charge in [-0.3, -0.25) is 9.78 Å². The monoisotopic (exact) mass is 397 g/mol. The molecule has 0 spiro atoms. The van der Waals surface area contributed by atoms with Crippen LogP contribution in [-0.4, -0.2) is 16.9 Å². The Hall–Kier alpha value is -1.20. The van der Waals surface area contributed by atoms with Gasteiger partial charge in [0.15, 0.2) is 0 Å². The van der Waals surface area contributed by atoms with Crippen molar-refractivity contribution in [2.24, 2.45) is 0 Å². The molecule has 0 aliphatic heterocycles. The number of nitrogens with zero attached hydrogens (tertiary/aromatic N) is 1. The molecule has 1 aromatic carbocycles. The van der Waals surface area contributed by atoms with Gasteiger partial charge in [-0.1, -0.05) is 0 Å². The third-order valence-electron chi connectivity index (χ3n) is 2.51. The van der Waals surface area contributed by atoms with Gasteiger partial charge in [-0.05, 0) is 76.0 Å². The zero-order chi connectivity index (χ0) is 14.7. The fraction of sp³-hybridized carbons (Fsp3) is 0.200. The van der Waals surface area contributed by atoms with E-state index in [1.807, 2.05) is 13.8 Å². The first-order chi connectivity index (χ1) is 9.47. The van der Waals surface area contributed by atoms with Crippen LogP contribution in [0.15, 0.2) is 45.5 Å². The molecule has 20 heavy (non-hydrogen) atoms. The number of aromatic nitrogens is 1. The third-order valence-corrected chi connectivity index (χ3v) is 3.55. The number of halogens is 2. The van der Waals surface area contributed by atoms with Crippen LogP contribution in [0.4, 0.5) is 0 Å². The van der Waals surface area contributed by atoms with Crippen molar-refractivity contribution < 1.29 is 9.53 Å². The average molecular weight is 399 g/mol. The van der Waals surface area contributed by atoms with Gasteiger partial charge in [0.05, 0.1) is 6.10 Å². The summed E-state index contributed by atoms with van der Waals surface area (Å²) in [5.74, 6) is 0.625. The van der Waals surface area contributed by atoms with E-state index < -0.39 is 0 Å². The van der Waals surface area contributed by atoms with Crippen LogP contribution in [0.2, 0.25) is 0 Å². The zero-order valence-corrected chi connectivity index (χ0v) is 14.2. The fourth-order valence-electron chi connectivity index (χ4n) is 1.68. The summed E-state index contributed by atoms with van der Waals surface area (Å²) in [6, 6.07) is 8.88. The number of carbonyl (C=O) groups excluding carboxylic acids is 1. The topological polar surface area (TPSA) is 39.2 Å². The second-order valence-electron chi connectivity index (χ2n) is 4.50. The molecular formula is C15H13Br2NO2. The molecule has 0 atom stereocenters. The summed E-state index contributed by atoms with van der Waals surface area (Å²) in [6.07, 6.45) is 1.72. The predicted octanol–water partition coefficient (Wildman–Crippen LogP) is 4.62. The second kappa shape index (κ2) is 6.50. The highest BCUT2D eigenvalue weighted by molar-refractivity contribution is 9.11. The third kappa shape index (κ3) is 3.67. The lowest BCUT2D eigenvalue weighted by Gasteiger charge is -2.10. The number of pyridine rings is 1. The van der Waals surface area contributed by atoms with Crippen molar-refractivity contribution >= 4 is 37.6 Å². The minimum absolute atomic E-state index is 0.110. The molecule has 2 rings (SSSR count). The largest absolute Gasteiger partial charge is 0.491 e. The Labute approximate surface area is 134 Å². The summed E-state index contributed by atoms with van der Waals surface area (Å²) in [6.45, 7) is 3.92. The first-order valence-corrected chi connectivity index (χ1v) is 7.68. The number of benzene rings is 1. The van der Waals surface area contributed by atoms with E-state index in [0.717, 1.165) is 10.2 Å². The first kappa shape index (κ1) is 15.2. The van der Waals surface area contributed by atoms with Crippen molar-refractivity contribution in [3.05, 3.63) is 56.7 Å². The summed E-state index contributed by atoms with van der Waals surface area (Å²) in [5.41, 5.74) is 0.974. The number of rotatable bonds is 4. The molecule has 3 nitrogen and oxygen atoms in total. The SMILES string of the molecule is CC(C)Oc1ccc(C(=O)c2ncc(Br)cc2Br)cc1. The Morgan fingerprint density at radius 3 is 2.40 bits per heavy atom. The summed E-state index contributed by atoms with van der Waals surface area (Å²) in [4.78, 5) is 16.5. The van der Waals surface area contributed by atoms with Crippen LogP contribution in [0, 0.1) is 0 Å². The van der Waals surface area contributed by atoms with Crippen LogP contribution in [0.3, 0.4) is 0 Å². The summed E-state index contributed by atoms with van der Waals surface area (Å²) >= 11 is 6.67. The highest BCUT2D eigenvalue weighted by Crippen LogP contribution is 2.23. The van der Waals surface area contributed by atoms with E-state index in [9.17, 15) is 4.79 Å². The van der Waals surface area contributed by atoms with Crippen molar-refractivity contribution in [2.75, 3.05) is 0 Å². The Kier molecular flexibility index (Phi) is 4.94. The number of ketones is 1. The summed E-state index contributed by atoms with van der Waals surface area (Å²) < 4.78 is 7.04. The minimum Gasteiger partial charge on any atom is -0.491 e. The Morgan fingerprint density at radius 1 is 1.20 bits per heavy atom. The van der Waals surface area contributed by atoms with Crippen molar-refractivity contribution in [3.8, 4) is 5.75 Å². The molecule has 0 unspecified atom stereocenters. The van der Waals surface area contributed by atoms with Crippen LogP contribution in [-0.2, 0) is 0 Å². The highest BCUT2D eigenvalue weighted by Gasteiger charge is 2.14. The van der Waals surface area contributed by atoms with E-state index in [-0.39, 0.29) is 11.9 Å². The van der Waals surface area contributed by atoms with E-state index >= 15 is 0 Å². The molecule has 1 aromatic heterocycles. The second-order valence-corrected chi connectivity index (χ2v) is 6.27. The minimum atomic E-state index is -0.125. The lowest BCUT2D eigenvalue weighted by molar-refractivity contribution is 0.103. The van der Waals surface area contributed by atoms with Crippen molar-refractivity contribution in [2.45, 2.75) is 20.0 Å². The van der Waals surface area contributed by atoms with Crippen molar-refractivity contribution in [3.63, 3.8) is 0 Å². The van der Waals surface area contributed by atoms with E-state index in [2.05, 4.69) is 36.8 Å². The number of ether oxygens (including phenoxy) is 1. The standard InChI is InChI=1S/C15H13Br2NO2/c1-9(2)20-12-5-3-10(4-6-12)15(19)14-13(17)7-11(16)8-18-14/h3-9H,1-2H3. The number of hydrogen-bond acceptors (Lipinski definition) is 3. The maximum absolute atomic E-state index is 12.4. The number of hydrogen-bond donors (Lipinski definition) is 0. The quantitative estimate of drug-likeness (QED) is 0.705. The zero-order valence-electron chi connectivity index (χ0n) is 11.1. The van der Waals surface area contributed by atoms with Crippen LogP contribution >= 0.6 is 31.9 Å². The van der Waals surface area contributed by atoms with E-state index in [1.54, 1.807) is 36.5 Å². The molecule has 0 amide bonds. The molecule has 0 saturated heterocycles. The summed E-state index contributed by atoms with van der Waals surface area (Å²) in [5, 5.41) is 0. The van der Waals surface area contributed by atoms with E-state index in [4.69, 9.17) is 4.74 Å². The van der Waals surface area contributed by atoms with Crippen LogP contribution in [0.5, 0.6) is 5.75 Å². The molecule has 0 saturated carbocycles. The van der Waals surface area contributed by atoms with Gasteiger partial charge in [0, 0.05) is 20.7 Å². The molecule has 5 heteroatoms. The highest BCUT2D eigenvalue weighted by atomic mass is 79.9. The van der Waals surface area contributed by atoms with E-state index in [1.165, 1.54) is 0 Å². The number of carbonyl (C=O) groups is 1. The van der Waals surface area contributed by atoms with Gasteiger partial charge < -0.3 is 4.74 Å². The summed E-state index contributed by atoms with van der Waals surface area (Å²) in [7, 11) is 0. The average Bonchev–Trinajstić information content (AvgIpc) is 2.38. The van der Waals surface area contributed by atoms with Gasteiger partial charge in [-0.2, -0.15) is 0 Å². The van der Waals surface area contributed by atoms with Gasteiger partial charge >= 0.3 is 0 Å². The lowest BCUT2D eigenvalue weighted by atomic mass is 10.1. The molecule has 0 aliphatic rings. The molecule has 2 aromatic rings. The molecule has 1 heterocycles. The molecule has 104 valence electrons. The normalized spacial score (nSPS) is 10.7. The Morgan fingerprint density at radius 2 is 1.85 bits per heavy atom. The maximum atomic E-state index is 12.4. The van der Waals surface area contributed by atoms with Gasteiger partial charge in [0.2, 0.25) is 5.78 Å². The van der Waals surface area contributed by atoms with Crippen molar-refractivity contribution in [1.82, 2.24) is 4.98 Å². The van der Waals surface area contributed by atoms with Gasteiger partial charge in [-0.25, -0.2) is 0 Å². The lowest BCUT2D eigenvalue weighted by Crippen LogP contribution is -2.07. The first-order valence-electron chi connectivity index (χ1n) is 6.10. The maximum Gasteiger partial charge on any atom is 0.212 e. The van der Waals surface area contributed by atoms with Gasteiger partial charge in [-0.15, -0.1) is 0 Å². The van der Waals surface area contributed by atoms with Gasteiger partial charge in [0.1, 0.15) is 11.4 Å². The Bertz CT molecular complexity index is 624. The molecule has 0 N–H and O–H groups in total. The van der Waals surface area contributed by atoms with Crippen LogP contribution in [0.25, 0.3) is 0 Å². The van der Waals surface area contributed by atoms with Crippen molar-refractivity contribution in [1.29, 1.82) is 0 Å².